The monoisotopic (exact) mass is 327 g/mol. The van der Waals surface area contributed by atoms with Crippen molar-refractivity contribution in [2.45, 2.75) is 44.8 Å². The third-order valence-electron chi connectivity index (χ3n) is 2.52. The van der Waals surface area contributed by atoms with E-state index in [9.17, 15) is 21.8 Å². The molecule has 0 unspecified atom stereocenters. The van der Waals surface area contributed by atoms with Crippen LogP contribution in [-0.2, 0) is 11.0 Å². The van der Waals surface area contributed by atoms with Crippen molar-refractivity contribution < 1.29 is 26.5 Å². The Morgan fingerprint density at radius 3 is 2.24 bits per heavy atom. The first-order chi connectivity index (χ1) is 9.40. The number of rotatable bonds is 4. The number of halogens is 4. The minimum atomic E-state index is -4.94. The van der Waals surface area contributed by atoms with E-state index in [2.05, 4.69) is 9.46 Å². The van der Waals surface area contributed by atoms with Crippen LogP contribution in [0.25, 0.3) is 0 Å². The summed E-state index contributed by atoms with van der Waals surface area (Å²) in [6.07, 6.45) is -4.94. The number of alkyl halides is 3. The van der Waals surface area contributed by atoms with Gasteiger partial charge in [-0.15, -0.1) is 13.2 Å². The molecule has 1 rings (SSSR count). The highest BCUT2D eigenvalue weighted by Gasteiger charge is 2.32. The molecule has 1 aromatic carbocycles. The van der Waals surface area contributed by atoms with Gasteiger partial charge in [-0.05, 0) is 45.4 Å². The lowest BCUT2D eigenvalue weighted by molar-refractivity contribution is -0.275. The lowest BCUT2D eigenvalue weighted by atomic mass is 10.1. The van der Waals surface area contributed by atoms with Gasteiger partial charge in [0.25, 0.3) is 0 Å². The molecule has 0 aromatic heterocycles. The van der Waals surface area contributed by atoms with Crippen molar-refractivity contribution in [3.05, 3.63) is 29.6 Å². The number of hydrogen-bond acceptors (Lipinski definition) is 2. The molecule has 0 fully saturated rings. The summed E-state index contributed by atoms with van der Waals surface area (Å²) in [6.45, 7) is 6.94. The standard InChI is InChI=1S/C13H17F4NO2S/c1-8(18-21(19)12(2,3)4)9-5-6-11(10(14)7-9)20-13(15,16)17/h5-8,18H,1-4H3/t8-,21+/m0/s1. The Morgan fingerprint density at radius 2 is 1.81 bits per heavy atom. The average Bonchev–Trinajstić information content (AvgIpc) is 2.28. The van der Waals surface area contributed by atoms with Crippen molar-refractivity contribution in [2.24, 2.45) is 0 Å². The van der Waals surface area contributed by atoms with Crippen LogP contribution in [0.1, 0.15) is 39.3 Å². The van der Waals surface area contributed by atoms with Gasteiger partial charge < -0.3 is 4.74 Å². The van der Waals surface area contributed by atoms with Gasteiger partial charge in [0.05, 0.1) is 15.7 Å². The van der Waals surface area contributed by atoms with Crippen molar-refractivity contribution in [1.82, 2.24) is 4.72 Å². The zero-order valence-electron chi connectivity index (χ0n) is 12.0. The Hall–Kier alpha value is -1.15. The van der Waals surface area contributed by atoms with Crippen LogP contribution in [0, 0.1) is 5.82 Å². The number of ether oxygens (including phenoxy) is 1. The fourth-order valence-corrected chi connectivity index (χ4v) is 2.21. The summed E-state index contributed by atoms with van der Waals surface area (Å²) in [5, 5.41) is 0. The van der Waals surface area contributed by atoms with Gasteiger partial charge in [0, 0.05) is 6.04 Å². The van der Waals surface area contributed by atoms with E-state index in [0.717, 1.165) is 12.1 Å². The Kier molecular flexibility index (Phi) is 5.38. The van der Waals surface area contributed by atoms with E-state index in [1.54, 1.807) is 27.7 Å². The Bertz CT molecular complexity index is 526. The van der Waals surface area contributed by atoms with Gasteiger partial charge >= 0.3 is 6.36 Å². The van der Waals surface area contributed by atoms with Crippen LogP contribution in [0.4, 0.5) is 17.6 Å². The van der Waals surface area contributed by atoms with E-state index in [1.165, 1.54) is 6.07 Å². The second-order valence-corrected chi connectivity index (χ2v) is 7.46. The Morgan fingerprint density at radius 1 is 1.24 bits per heavy atom. The fourth-order valence-electron chi connectivity index (χ4n) is 1.40. The lowest BCUT2D eigenvalue weighted by Crippen LogP contribution is -2.34. The first-order valence-electron chi connectivity index (χ1n) is 6.13. The summed E-state index contributed by atoms with van der Waals surface area (Å²) in [7, 11) is -1.38. The second kappa shape index (κ2) is 6.31. The third kappa shape index (κ3) is 5.62. The number of hydrogen-bond donors (Lipinski definition) is 1. The molecule has 3 nitrogen and oxygen atoms in total. The van der Waals surface area contributed by atoms with E-state index in [4.69, 9.17) is 0 Å². The normalized spacial score (nSPS) is 15.6. The molecule has 0 saturated heterocycles. The largest absolute Gasteiger partial charge is 0.573 e. The fraction of sp³-hybridized carbons (Fsp3) is 0.538. The SMILES string of the molecule is C[C@H](N[S@](=O)C(C)(C)C)c1ccc(OC(F)(F)F)c(F)c1. The smallest absolute Gasteiger partial charge is 0.403 e. The molecular formula is C13H17F4NO2S. The summed E-state index contributed by atoms with van der Waals surface area (Å²) in [4.78, 5) is 0. The minimum Gasteiger partial charge on any atom is -0.403 e. The van der Waals surface area contributed by atoms with Gasteiger partial charge in [0.15, 0.2) is 11.6 Å². The molecule has 21 heavy (non-hydrogen) atoms. The van der Waals surface area contributed by atoms with Gasteiger partial charge in [0.1, 0.15) is 0 Å². The summed E-state index contributed by atoms with van der Waals surface area (Å²) < 4.78 is 67.4. The summed E-state index contributed by atoms with van der Waals surface area (Å²) in [5.41, 5.74) is 0.375. The maximum Gasteiger partial charge on any atom is 0.573 e. The van der Waals surface area contributed by atoms with Crippen molar-refractivity contribution >= 4 is 11.0 Å². The predicted molar refractivity (Wildman–Crippen MR) is 72.5 cm³/mol. The van der Waals surface area contributed by atoms with E-state index >= 15 is 0 Å². The molecule has 0 aliphatic rings. The summed E-state index contributed by atoms with van der Waals surface area (Å²) in [5.74, 6) is -2.02. The Balaban J connectivity index is 2.86. The number of nitrogens with one attached hydrogen (secondary N) is 1. The van der Waals surface area contributed by atoms with Gasteiger partial charge in [-0.2, -0.15) is 0 Å². The topological polar surface area (TPSA) is 38.3 Å². The second-order valence-electron chi connectivity index (χ2n) is 5.46. The molecule has 0 spiro atoms. The highest BCUT2D eigenvalue weighted by molar-refractivity contribution is 7.84. The molecule has 0 radical (unpaired) electrons. The molecule has 2 atom stereocenters. The van der Waals surface area contributed by atoms with E-state index in [0.29, 0.717) is 5.56 Å². The lowest BCUT2D eigenvalue weighted by Gasteiger charge is -2.22. The maximum atomic E-state index is 13.6. The van der Waals surface area contributed by atoms with Crippen LogP contribution in [0.15, 0.2) is 18.2 Å². The van der Waals surface area contributed by atoms with Crippen LogP contribution >= 0.6 is 0 Å². The Labute approximate surface area is 123 Å². The van der Waals surface area contributed by atoms with E-state index in [-0.39, 0.29) is 0 Å². The van der Waals surface area contributed by atoms with Gasteiger partial charge in [-0.3, -0.25) is 0 Å². The average molecular weight is 327 g/mol. The quantitative estimate of drug-likeness (QED) is 0.854. The van der Waals surface area contributed by atoms with Crippen molar-refractivity contribution in [1.29, 1.82) is 0 Å². The molecule has 0 aliphatic heterocycles. The van der Waals surface area contributed by atoms with Crippen LogP contribution in [0.2, 0.25) is 0 Å². The minimum absolute atomic E-state index is 0.375. The van der Waals surface area contributed by atoms with Crippen LogP contribution in [-0.4, -0.2) is 15.3 Å². The van der Waals surface area contributed by atoms with Crippen LogP contribution in [0.3, 0.4) is 0 Å². The highest BCUT2D eigenvalue weighted by atomic mass is 32.2. The van der Waals surface area contributed by atoms with Gasteiger partial charge in [-0.25, -0.2) is 13.3 Å². The zero-order chi connectivity index (χ0) is 16.4. The van der Waals surface area contributed by atoms with Crippen molar-refractivity contribution in [3.63, 3.8) is 0 Å². The molecule has 120 valence electrons. The van der Waals surface area contributed by atoms with Crippen molar-refractivity contribution in [2.75, 3.05) is 0 Å². The first-order valence-corrected chi connectivity index (χ1v) is 7.28. The molecule has 8 heteroatoms. The molecule has 0 heterocycles. The molecule has 0 aliphatic carbocycles. The molecule has 1 N–H and O–H groups in total. The van der Waals surface area contributed by atoms with Gasteiger partial charge in [0.2, 0.25) is 0 Å². The van der Waals surface area contributed by atoms with Crippen LogP contribution < -0.4 is 9.46 Å². The van der Waals surface area contributed by atoms with Crippen molar-refractivity contribution in [3.8, 4) is 5.75 Å². The summed E-state index contributed by atoms with van der Waals surface area (Å²) >= 11 is 0. The van der Waals surface area contributed by atoms with E-state index in [1.807, 2.05) is 0 Å². The highest BCUT2D eigenvalue weighted by Crippen LogP contribution is 2.28. The maximum absolute atomic E-state index is 13.6. The molecule has 0 saturated carbocycles. The first kappa shape index (κ1) is 17.9. The van der Waals surface area contributed by atoms with E-state index < -0.39 is 39.7 Å². The molecular weight excluding hydrogens is 310 g/mol. The summed E-state index contributed by atoms with van der Waals surface area (Å²) in [6, 6.07) is 2.64. The zero-order valence-corrected chi connectivity index (χ0v) is 12.9. The molecule has 0 amide bonds. The molecule has 1 aromatic rings. The van der Waals surface area contributed by atoms with Crippen LogP contribution in [0.5, 0.6) is 5.75 Å². The molecule has 0 bridgehead atoms. The van der Waals surface area contributed by atoms with Gasteiger partial charge in [-0.1, -0.05) is 6.07 Å². The number of benzene rings is 1. The third-order valence-corrected chi connectivity index (χ3v) is 4.20. The predicted octanol–water partition coefficient (Wildman–Crippen LogP) is 3.84.